The van der Waals surface area contributed by atoms with Crippen molar-refractivity contribution in [3.63, 3.8) is 0 Å². The Morgan fingerprint density at radius 1 is 1.22 bits per heavy atom. The number of carbonyl (C=O) groups excluding carboxylic acids is 3. The van der Waals surface area contributed by atoms with E-state index < -0.39 is 12.1 Å². The molecular weight excluding hydrogens is 470 g/mol. The summed E-state index contributed by atoms with van der Waals surface area (Å²) in [5, 5.41) is 11.3. The minimum atomic E-state index is -0.459. The van der Waals surface area contributed by atoms with Crippen LogP contribution in [0.15, 0.2) is 24.4 Å². The number of fused-ring (bicyclic) bond motifs is 5. The molecular formula is C23H29N7O6. The first-order chi connectivity index (χ1) is 17.4. The Bertz CT molecular complexity index is 1150. The fourth-order valence-electron chi connectivity index (χ4n) is 4.54. The van der Waals surface area contributed by atoms with Crippen LogP contribution in [0.2, 0.25) is 0 Å². The molecule has 2 atom stereocenters. The second kappa shape index (κ2) is 10.0. The molecule has 2 fully saturated rings. The number of benzene rings is 1. The lowest BCUT2D eigenvalue weighted by atomic mass is 10.1. The van der Waals surface area contributed by atoms with Gasteiger partial charge in [-0.2, -0.15) is 0 Å². The highest BCUT2D eigenvalue weighted by atomic mass is 16.5. The molecule has 5 rings (SSSR count). The molecule has 192 valence electrons. The molecule has 0 spiro atoms. The Kier molecular flexibility index (Phi) is 6.63. The number of nitrogens with one attached hydrogen (secondary N) is 1. The third-order valence-corrected chi connectivity index (χ3v) is 6.60. The standard InChI is InChI=1S/C23H29N7O6/c1-27-5-6-28(23(27)33)13-21(31)29-11-17-20(12-29)36-14-16-10-30(26-25-16)7-8-35-19-9-15(22(32)24-17)3-4-18(19)34-2/h3-4,9-10,17,20H,5-8,11-14H2,1-2H3,(H,24,32)/t17-,20-/m0/s1. The number of hydrogen-bond donors (Lipinski definition) is 1. The quantitative estimate of drug-likeness (QED) is 0.602. The van der Waals surface area contributed by atoms with Gasteiger partial charge in [0.15, 0.2) is 11.5 Å². The van der Waals surface area contributed by atoms with Crippen LogP contribution in [0.4, 0.5) is 4.79 Å². The minimum Gasteiger partial charge on any atom is -0.493 e. The zero-order valence-corrected chi connectivity index (χ0v) is 20.3. The lowest BCUT2D eigenvalue weighted by molar-refractivity contribution is -0.131. The van der Waals surface area contributed by atoms with Crippen molar-refractivity contribution in [2.45, 2.75) is 25.3 Å². The molecule has 4 heterocycles. The fourth-order valence-corrected chi connectivity index (χ4v) is 4.54. The highest BCUT2D eigenvalue weighted by molar-refractivity contribution is 5.95. The van der Waals surface area contributed by atoms with Gasteiger partial charge in [-0.05, 0) is 18.2 Å². The van der Waals surface area contributed by atoms with E-state index in [9.17, 15) is 14.4 Å². The van der Waals surface area contributed by atoms with Crippen molar-refractivity contribution in [1.82, 2.24) is 35.0 Å². The van der Waals surface area contributed by atoms with Gasteiger partial charge in [0, 0.05) is 38.8 Å². The monoisotopic (exact) mass is 499 g/mol. The van der Waals surface area contributed by atoms with Gasteiger partial charge in [0.1, 0.15) is 18.8 Å². The van der Waals surface area contributed by atoms with Gasteiger partial charge in [-0.15, -0.1) is 5.10 Å². The second-order valence-electron chi connectivity index (χ2n) is 9.04. The molecule has 0 aliphatic carbocycles. The predicted octanol–water partition coefficient (Wildman–Crippen LogP) is -0.427. The van der Waals surface area contributed by atoms with Crippen molar-refractivity contribution >= 4 is 17.8 Å². The molecule has 3 aliphatic rings. The van der Waals surface area contributed by atoms with Crippen molar-refractivity contribution in [3.8, 4) is 11.5 Å². The number of nitrogens with zero attached hydrogens (tertiary/aromatic N) is 6. The van der Waals surface area contributed by atoms with Crippen molar-refractivity contribution in [1.29, 1.82) is 0 Å². The maximum Gasteiger partial charge on any atom is 0.320 e. The maximum atomic E-state index is 13.1. The molecule has 0 unspecified atom stereocenters. The first-order valence-electron chi connectivity index (χ1n) is 11.8. The maximum absolute atomic E-state index is 13.1. The summed E-state index contributed by atoms with van der Waals surface area (Å²) in [4.78, 5) is 43.1. The van der Waals surface area contributed by atoms with Crippen LogP contribution in [-0.4, -0.2) is 113 Å². The summed E-state index contributed by atoms with van der Waals surface area (Å²) < 4.78 is 19.0. The van der Waals surface area contributed by atoms with E-state index in [-0.39, 0.29) is 44.1 Å². The molecule has 1 aromatic carbocycles. The lowest BCUT2D eigenvalue weighted by Gasteiger charge is -2.21. The van der Waals surface area contributed by atoms with Gasteiger partial charge in [0.25, 0.3) is 5.91 Å². The summed E-state index contributed by atoms with van der Waals surface area (Å²) in [5.74, 6) is 0.447. The molecule has 3 aliphatic heterocycles. The second-order valence-corrected chi connectivity index (χ2v) is 9.04. The lowest BCUT2D eigenvalue weighted by Crippen LogP contribution is -2.44. The van der Waals surface area contributed by atoms with Crippen LogP contribution < -0.4 is 14.8 Å². The Morgan fingerprint density at radius 3 is 2.86 bits per heavy atom. The topological polar surface area (TPSA) is 131 Å². The highest BCUT2D eigenvalue weighted by Crippen LogP contribution is 2.28. The largest absolute Gasteiger partial charge is 0.493 e. The predicted molar refractivity (Wildman–Crippen MR) is 125 cm³/mol. The van der Waals surface area contributed by atoms with Gasteiger partial charge in [-0.3, -0.25) is 9.59 Å². The minimum absolute atomic E-state index is 0.00986. The Hall–Kier alpha value is -3.87. The summed E-state index contributed by atoms with van der Waals surface area (Å²) >= 11 is 0. The zero-order valence-electron chi connectivity index (χ0n) is 20.3. The Labute approximate surface area is 207 Å². The summed E-state index contributed by atoms with van der Waals surface area (Å²) in [6.07, 6.45) is 1.32. The summed E-state index contributed by atoms with van der Waals surface area (Å²) in [5.41, 5.74) is 1.03. The van der Waals surface area contributed by atoms with Crippen LogP contribution in [-0.2, 0) is 22.7 Å². The molecule has 13 nitrogen and oxygen atoms in total. The van der Waals surface area contributed by atoms with Crippen LogP contribution >= 0.6 is 0 Å². The summed E-state index contributed by atoms with van der Waals surface area (Å²) in [6.45, 7) is 2.57. The molecule has 36 heavy (non-hydrogen) atoms. The molecule has 0 saturated carbocycles. The molecule has 1 aromatic heterocycles. The number of carbonyl (C=O) groups is 3. The van der Waals surface area contributed by atoms with E-state index >= 15 is 0 Å². The third kappa shape index (κ3) is 4.91. The molecule has 13 heteroatoms. The third-order valence-electron chi connectivity index (χ3n) is 6.60. The van der Waals surface area contributed by atoms with Crippen molar-refractivity contribution in [2.24, 2.45) is 0 Å². The number of likely N-dealkylation sites (N-methyl/N-ethyl adjacent to an activating group) is 1. The zero-order chi connectivity index (χ0) is 25.2. The summed E-state index contributed by atoms with van der Waals surface area (Å²) in [6, 6.07) is 4.35. The molecule has 2 saturated heterocycles. The van der Waals surface area contributed by atoms with E-state index in [1.54, 1.807) is 45.9 Å². The number of ether oxygens (including phenoxy) is 3. The number of hydrogen-bond acceptors (Lipinski definition) is 8. The van der Waals surface area contributed by atoms with Gasteiger partial charge >= 0.3 is 6.03 Å². The van der Waals surface area contributed by atoms with Gasteiger partial charge < -0.3 is 34.2 Å². The van der Waals surface area contributed by atoms with Crippen molar-refractivity contribution in [2.75, 3.05) is 53.5 Å². The van der Waals surface area contributed by atoms with E-state index in [1.165, 1.54) is 12.0 Å². The molecule has 1 N–H and O–H groups in total. The number of aromatic nitrogens is 3. The SMILES string of the molecule is COc1ccc2cc1OCCn1cc(nn1)CO[C@H]1CN(C(=O)CN3CCN(C)C3=O)C[C@@H]1NC2=O. The van der Waals surface area contributed by atoms with Crippen molar-refractivity contribution < 1.29 is 28.6 Å². The van der Waals surface area contributed by atoms with Crippen LogP contribution in [0.1, 0.15) is 16.1 Å². The van der Waals surface area contributed by atoms with Crippen LogP contribution in [0, 0.1) is 0 Å². The number of rotatable bonds is 3. The van der Waals surface area contributed by atoms with Crippen molar-refractivity contribution in [3.05, 3.63) is 35.7 Å². The molecule has 0 radical (unpaired) electrons. The molecule has 4 bridgehead atoms. The molecule has 4 amide bonds. The van der Waals surface area contributed by atoms with Crippen LogP contribution in [0.3, 0.4) is 0 Å². The molecule has 2 aromatic rings. The average molecular weight is 500 g/mol. The highest BCUT2D eigenvalue weighted by Gasteiger charge is 2.39. The number of urea groups is 1. The number of likely N-dealkylation sites (tertiary alicyclic amines) is 1. The fraction of sp³-hybridized carbons (Fsp3) is 0.522. The van der Waals surface area contributed by atoms with E-state index in [4.69, 9.17) is 14.2 Å². The normalized spacial score (nSPS) is 22.4. The van der Waals surface area contributed by atoms with Gasteiger partial charge in [-0.1, -0.05) is 5.21 Å². The first-order valence-corrected chi connectivity index (χ1v) is 11.8. The number of amides is 4. The van der Waals surface area contributed by atoms with Gasteiger partial charge in [0.05, 0.1) is 38.6 Å². The first kappa shape index (κ1) is 23.9. The average Bonchev–Trinajstić information content (AvgIpc) is 3.58. The van der Waals surface area contributed by atoms with Gasteiger partial charge in [0.2, 0.25) is 5.91 Å². The van der Waals surface area contributed by atoms with Crippen LogP contribution in [0.5, 0.6) is 11.5 Å². The van der Waals surface area contributed by atoms with E-state index in [0.29, 0.717) is 49.0 Å². The number of methoxy groups -OCH3 is 1. The smallest absolute Gasteiger partial charge is 0.320 e. The van der Waals surface area contributed by atoms with E-state index in [2.05, 4.69) is 15.6 Å². The Balaban J connectivity index is 1.36. The van der Waals surface area contributed by atoms with E-state index in [1.807, 2.05) is 0 Å². The summed E-state index contributed by atoms with van der Waals surface area (Å²) in [7, 11) is 3.25. The Morgan fingerprint density at radius 2 is 2.08 bits per heavy atom. The van der Waals surface area contributed by atoms with Gasteiger partial charge in [-0.25, -0.2) is 9.48 Å². The van der Waals surface area contributed by atoms with Crippen LogP contribution in [0.25, 0.3) is 0 Å². The van der Waals surface area contributed by atoms with E-state index in [0.717, 1.165) is 0 Å².